The van der Waals surface area contributed by atoms with Crippen molar-refractivity contribution in [1.82, 2.24) is 19.9 Å². The smallest absolute Gasteiger partial charge is 0.225 e. The lowest BCUT2D eigenvalue weighted by Crippen LogP contribution is -2.02. The van der Waals surface area contributed by atoms with Crippen LogP contribution in [0.5, 0.6) is 0 Å². The molecule has 0 spiro atoms. The molecule has 0 fully saturated rings. The lowest BCUT2D eigenvalue weighted by Gasteiger charge is -2.09. The molecule has 1 aromatic carbocycles. The van der Waals surface area contributed by atoms with E-state index in [0.717, 1.165) is 0 Å². The summed E-state index contributed by atoms with van der Waals surface area (Å²) in [5.41, 5.74) is 0.683. The van der Waals surface area contributed by atoms with Crippen LogP contribution >= 0.6 is 11.6 Å². The van der Waals surface area contributed by atoms with Gasteiger partial charge in [-0.2, -0.15) is 4.98 Å². The predicted octanol–water partition coefficient (Wildman–Crippen LogP) is 3.77. The largest absolute Gasteiger partial charge is 0.246 e. The number of nitrogens with zero attached hydrogens (tertiary/aromatic N) is 4. The quantitative estimate of drug-likeness (QED) is 0.639. The summed E-state index contributed by atoms with van der Waals surface area (Å²) in [5.74, 6) is -3.23. The van der Waals surface area contributed by atoms with E-state index in [4.69, 9.17) is 11.6 Å². The molecule has 0 bridgehead atoms. The van der Waals surface area contributed by atoms with Gasteiger partial charge in [0.05, 0.1) is 17.0 Å². The molecule has 0 amide bonds. The number of hydrogen-bond donors (Lipinski definition) is 0. The summed E-state index contributed by atoms with van der Waals surface area (Å²) in [6.45, 7) is 3.41. The first-order valence-electron chi connectivity index (χ1n) is 6.20. The minimum absolute atomic E-state index is 0.0944. The maximum atomic E-state index is 14.0. The van der Waals surface area contributed by atoms with E-state index in [9.17, 15) is 13.2 Å². The molecule has 0 saturated heterocycles. The fourth-order valence-corrected chi connectivity index (χ4v) is 2.19. The van der Waals surface area contributed by atoms with Crippen LogP contribution in [-0.2, 0) is 0 Å². The van der Waals surface area contributed by atoms with Crippen LogP contribution in [0.2, 0.25) is 5.28 Å². The molecule has 2 aromatic heterocycles. The van der Waals surface area contributed by atoms with Crippen LogP contribution in [-0.4, -0.2) is 19.9 Å². The van der Waals surface area contributed by atoms with Crippen molar-refractivity contribution in [2.75, 3.05) is 0 Å². The first-order valence-corrected chi connectivity index (χ1v) is 6.58. The van der Waals surface area contributed by atoms with Gasteiger partial charge in [-0.25, -0.2) is 28.1 Å². The lowest BCUT2D eigenvalue weighted by molar-refractivity contribution is 0.547. The lowest BCUT2D eigenvalue weighted by atomic mass is 10.1. The minimum Gasteiger partial charge on any atom is -0.246 e. The third-order valence-corrected chi connectivity index (χ3v) is 3.33. The van der Waals surface area contributed by atoms with Gasteiger partial charge in [-0.1, -0.05) is 0 Å². The van der Waals surface area contributed by atoms with Gasteiger partial charge in [0.2, 0.25) is 5.28 Å². The molecule has 3 aromatic rings. The van der Waals surface area contributed by atoms with Crippen molar-refractivity contribution >= 4 is 22.8 Å². The maximum absolute atomic E-state index is 14.0. The normalized spacial score (nSPS) is 11.2. The highest BCUT2D eigenvalue weighted by molar-refractivity contribution is 6.28. The Balaban J connectivity index is 2.43. The summed E-state index contributed by atoms with van der Waals surface area (Å²) >= 11 is 5.79. The standard InChI is InChI=1S/C14H8ClF3N4/c1-5-6(2)20-13-12(19-5)11(21-14(15)22-13)10-8(17)3-7(16)4-9(10)18/h3-4H,1-2H3. The van der Waals surface area contributed by atoms with Crippen molar-refractivity contribution < 1.29 is 13.2 Å². The SMILES string of the molecule is Cc1nc2nc(Cl)nc(-c3c(F)cc(F)cc3F)c2nc1C. The molecule has 8 heteroatoms. The van der Waals surface area contributed by atoms with Crippen LogP contribution in [0.1, 0.15) is 11.4 Å². The number of hydrogen-bond acceptors (Lipinski definition) is 4. The molecular weight excluding hydrogens is 317 g/mol. The molecule has 4 nitrogen and oxygen atoms in total. The fraction of sp³-hybridized carbons (Fsp3) is 0.143. The number of aromatic nitrogens is 4. The van der Waals surface area contributed by atoms with E-state index in [2.05, 4.69) is 19.9 Å². The number of benzene rings is 1. The number of fused-ring (bicyclic) bond motifs is 1. The first kappa shape index (κ1) is 14.6. The van der Waals surface area contributed by atoms with Crippen LogP contribution in [0.25, 0.3) is 22.4 Å². The Morgan fingerprint density at radius 3 is 2.09 bits per heavy atom. The molecule has 112 valence electrons. The molecule has 0 unspecified atom stereocenters. The van der Waals surface area contributed by atoms with E-state index in [1.54, 1.807) is 13.8 Å². The molecule has 2 heterocycles. The van der Waals surface area contributed by atoms with Gasteiger partial charge in [-0.05, 0) is 25.4 Å². The summed E-state index contributed by atoms with van der Waals surface area (Å²) < 4.78 is 41.1. The molecule has 0 atom stereocenters. The van der Waals surface area contributed by atoms with Crippen LogP contribution in [0.15, 0.2) is 12.1 Å². The first-order chi connectivity index (χ1) is 10.4. The van der Waals surface area contributed by atoms with Crippen molar-refractivity contribution in [2.45, 2.75) is 13.8 Å². The topological polar surface area (TPSA) is 51.6 Å². The Bertz CT molecular complexity index is 891. The minimum atomic E-state index is -1.10. The van der Waals surface area contributed by atoms with E-state index in [0.29, 0.717) is 23.5 Å². The van der Waals surface area contributed by atoms with Crippen LogP contribution in [0, 0.1) is 31.3 Å². The highest BCUT2D eigenvalue weighted by Crippen LogP contribution is 2.30. The van der Waals surface area contributed by atoms with E-state index in [-0.39, 0.29) is 22.1 Å². The van der Waals surface area contributed by atoms with Gasteiger partial charge in [0.1, 0.15) is 28.7 Å². The molecular formula is C14H8ClF3N4. The van der Waals surface area contributed by atoms with E-state index in [1.807, 2.05) is 0 Å². The number of rotatable bonds is 1. The van der Waals surface area contributed by atoms with Gasteiger partial charge in [-0.15, -0.1) is 0 Å². The molecule has 0 aliphatic carbocycles. The maximum Gasteiger partial charge on any atom is 0.225 e. The van der Waals surface area contributed by atoms with Crippen molar-refractivity contribution in [1.29, 1.82) is 0 Å². The van der Waals surface area contributed by atoms with E-state index in [1.165, 1.54) is 0 Å². The van der Waals surface area contributed by atoms with Crippen molar-refractivity contribution in [3.8, 4) is 11.3 Å². The Kier molecular flexibility index (Phi) is 3.44. The van der Waals surface area contributed by atoms with E-state index >= 15 is 0 Å². The second-order valence-corrected chi connectivity index (χ2v) is 4.99. The van der Waals surface area contributed by atoms with Crippen molar-refractivity contribution in [3.63, 3.8) is 0 Å². The third-order valence-electron chi connectivity index (χ3n) is 3.16. The van der Waals surface area contributed by atoms with Gasteiger partial charge < -0.3 is 0 Å². The summed E-state index contributed by atoms with van der Waals surface area (Å²) in [5, 5.41) is -0.233. The van der Waals surface area contributed by atoms with Gasteiger partial charge in [0.15, 0.2) is 5.65 Å². The summed E-state index contributed by atoms with van der Waals surface area (Å²) in [4.78, 5) is 16.2. The van der Waals surface area contributed by atoms with E-state index < -0.39 is 23.0 Å². The molecule has 0 aliphatic heterocycles. The van der Waals surface area contributed by atoms with Gasteiger partial charge in [0, 0.05) is 12.1 Å². The average molecular weight is 325 g/mol. The molecule has 0 N–H and O–H groups in total. The molecule has 0 aliphatic rings. The highest BCUT2D eigenvalue weighted by Gasteiger charge is 2.20. The van der Waals surface area contributed by atoms with Crippen LogP contribution < -0.4 is 0 Å². The fourth-order valence-electron chi connectivity index (χ4n) is 2.03. The number of halogens is 4. The molecule has 0 radical (unpaired) electrons. The third kappa shape index (κ3) is 2.37. The number of aryl methyl sites for hydroxylation is 2. The van der Waals surface area contributed by atoms with Crippen molar-refractivity contribution in [3.05, 3.63) is 46.3 Å². The Labute approximate surface area is 128 Å². The zero-order valence-corrected chi connectivity index (χ0v) is 12.2. The van der Waals surface area contributed by atoms with Crippen molar-refractivity contribution in [2.24, 2.45) is 0 Å². The second kappa shape index (κ2) is 5.17. The summed E-state index contributed by atoms with van der Waals surface area (Å²) in [6.07, 6.45) is 0. The molecule has 0 saturated carbocycles. The average Bonchev–Trinajstić information content (AvgIpc) is 2.39. The highest BCUT2D eigenvalue weighted by atomic mass is 35.5. The zero-order valence-electron chi connectivity index (χ0n) is 11.5. The van der Waals surface area contributed by atoms with Crippen LogP contribution in [0.3, 0.4) is 0 Å². The van der Waals surface area contributed by atoms with Crippen LogP contribution in [0.4, 0.5) is 13.2 Å². The summed E-state index contributed by atoms with van der Waals surface area (Å²) in [6, 6.07) is 1.13. The monoisotopic (exact) mass is 324 g/mol. The predicted molar refractivity (Wildman–Crippen MR) is 74.9 cm³/mol. The zero-order chi connectivity index (χ0) is 16.0. The van der Waals surface area contributed by atoms with Gasteiger partial charge in [0.25, 0.3) is 0 Å². The molecule has 3 rings (SSSR count). The molecule has 22 heavy (non-hydrogen) atoms. The summed E-state index contributed by atoms with van der Waals surface area (Å²) in [7, 11) is 0. The van der Waals surface area contributed by atoms with Gasteiger partial charge in [-0.3, -0.25) is 0 Å². The Morgan fingerprint density at radius 1 is 0.864 bits per heavy atom. The Morgan fingerprint density at radius 2 is 1.45 bits per heavy atom. The second-order valence-electron chi connectivity index (χ2n) is 4.65. The van der Waals surface area contributed by atoms with Gasteiger partial charge >= 0.3 is 0 Å². The Hall–Kier alpha value is -2.28.